The third-order valence-electron chi connectivity index (χ3n) is 13.1. The van der Waals surface area contributed by atoms with Crippen molar-refractivity contribution in [1.82, 2.24) is 15.0 Å². The monoisotopic (exact) mass is 682 g/mol. The summed E-state index contributed by atoms with van der Waals surface area (Å²) in [6.07, 6.45) is 0. The fourth-order valence-corrected chi connectivity index (χ4v) is 8.01. The van der Waals surface area contributed by atoms with Gasteiger partial charge in [0.2, 0.25) is 0 Å². The van der Waals surface area contributed by atoms with Crippen molar-refractivity contribution in [1.29, 1.82) is 0 Å². The Bertz CT molecular complexity index is 2250. The van der Waals surface area contributed by atoms with Crippen molar-refractivity contribution in [2.45, 2.75) is 145 Å². The molecule has 0 aliphatic rings. The molecule has 0 bridgehead atoms. The van der Waals surface area contributed by atoms with E-state index >= 15 is 0 Å². The highest BCUT2D eigenvalue weighted by atomic mass is 14.7. The Morgan fingerprint density at radius 3 is 0.784 bits per heavy atom. The summed E-state index contributed by atoms with van der Waals surface area (Å²) in [5.74, 6) is 0. The summed E-state index contributed by atoms with van der Waals surface area (Å²) in [5, 5.41) is 5.48. The van der Waals surface area contributed by atoms with E-state index in [9.17, 15) is 0 Å². The third kappa shape index (κ3) is 6.58. The van der Waals surface area contributed by atoms with Crippen LogP contribution in [0.15, 0.2) is 0 Å². The van der Waals surface area contributed by atoms with Crippen LogP contribution in [0, 0.1) is 145 Å². The molecule has 3 heteroatoms. The van der Waals surface area contributed by atoms with Gasteiger partial charge in [0.1, 0.15) is 0 Å². The fraction of sp³-hybridized carbons (Fsp3) is 0.438. The predicted octanol–water partition coefficient (Wildman–Crippen LogP) is 13.2. The number of pyridine rings is 3. The molecule has 0 spiro atoms. The number of aryl methyl sites for hydroxylation is 13. The highest BCUT2D eigenvalue weighted by Gasteiger charge is 2.17. The largest absolute Gasteiger partial charge is 0.258 e. The van der Waals surface area contributed by atoms with Crippen molar-refractivity contribution in [3.05, 3.63) is 117 Å². The summed E-state index contributed by atoms with van der Waals surface area (Å²) in [7, 11) is 0. The van der Waals surface area contributed by atoms with Crippen LogP contribution in [0.4, 0.5) is 0 Å². The first-order valence-electron chi connectivity index (χ1n) is 18.6. The van der Waals surface area contributed by atoms with Crippen molar-refractivity contribution in [2.24, 2.45) is 0 Å². The molecular formula is C48H63N3. The van der Waals surface area contributed by atoms with E-state index in [4.69, 9.17) is 9.97 Å². The minimum absolute atomic E-state index is 1.15. The van der Waals surface area contributed by atoms with Gasteiger partial charge in [0.05, 0.1) is 11.0 Å². The van der Waals surface area contributed by atoms with Crippen LogP contribution >= 0.6 is 0 Å². The second-order valence-electron chi connectivity index (χ2n) is 15.5. The molecular weight excluding hydrogens is 619 g/mol. The van der Waals surface area contributed by atoms with Crippen LogP contribution in [0.3, 0.4) is 0 Å². The van der Waals surface area contributed by atoms with Gasteiger partial charge in [-0.2, -0.15) is 0 Å². The van der Waals surface area contributed by atoms with E-state index in [1.54, 1.807) is 0 Å². The number of hydrogen-bond acceptors (Lipinski definition) is 3. The second kappa shape index (κ2) is 14.5. The van der Waals surface area contributed by atoms with Gasteiger partial charge in [-0.25, -0.2) is 0 Å². The summed E-state index contributed by atoms with van der Waals surface area (Å²) in [5.41, 5.74) is 30.4. The van der Waals surface area contributed by atoms with E-state index in [1.807, 2.05) is 0 Å². The zero-order valence-corrected chi connectivity index (χ0v) is 35.8. The van der Waals surface area contributed by atoms with Gasteiger partial charge in [0.25, 0.3) is 0 Å². The molecule has 6 rings (SSSR count). The highest BCUT2D eigenvalue weighted by molar-refractivity contribution is 5.95. The first-order chi connectivity index (χ1) is 23.6. The number of fused-ring (bicyclic) bond motifs is 3. The lowest BCUT2D eigenvalue weighted by Gasteiger charge is -2.18. The van der Waals surface area contributed by atoms with Gasteiger partial charge in [-0.3, -0.25) is 15.0 Å². The van der Waals surface area contributed by atoms with Crippen LogP contribution < -0.4 is 0 Å². The fourth-order valence-electron chi connectivity index (χ4n) is 8.01. The van der Waals surface area contributed by atoms with Crippen LogP contribution in [0.25, 0.3) is 32.6 Å². The molecule has 0 saturated carbocycles. The van der Waals surface area contributed by atoms with Gasteiger partial charge in [-0.15, -0.1) is 0 Å². The summed E-state index contributed by atoms with van der Waals surface area (Å²) in [4.78, 5) is 14.3. The van der Waals surface area contributed by atoms with Crippen molar-refractivity contribution in [3.63, 3.8) is 0 Å². The first-order valence-corrected chi connectivity index (χ1v) is 18.6. The second-order valence-corrected chi connectivity index (χ2v) is 15.5. The molecule has 0 N–H and O–H groups in total. The molecule has 3 aromatic carbocycles. The standard InChI is InChI=1S/3C16H21N/c2*1-8-9(2)13(6)16-15(11(8)4)12(5)10(3)14(7)17-16;1-8-9(2)11(4)16-14(7)17-13(6)12(5)15(16)10(8)3/h3*1-7H3. The third-order valence-corrected chi connectivity index (χ3v) is 13.1. The first kappa shape index (κ1) is 39.7. The van der Waals surface area contributed by atoms with E-state index in [2.05, 4.69) is 150 Å². The Morgan fingerprint density at radius 1 is 0.176 bits per heavy atom. The number of nitrogens with zero attached hydrogens (tertiary/aromatic N) is 3. The van der Waals surface area contributed by atoms with Gasteiger partial charge in [-0.1, -0.05) is 0 Å². The molecule has 0 aliphatic carbocycles. The molecule has 51 heavy (non-hydrogen) atoms. The zero-order valence-electron chi connectivity index (χ0n) is 35.8. The molecule has 0 amide bonds. The van der Waals surface area contributed by atoms with Gasteiger partial charge in [-0.05, 0) is 245 Å². The van der Waals surface area contributed by atoms with E-state index < -0.39 is 0 Å². The van der Waals surface area contributed by atoms with E-state index in [0.29, 0.717) is 0 Å². The van der Waals surface area contributed by atoms with Gasteiger partial charge >= 0.3 is 0 Å². The molecule has 0 atom stereocenters. The van der Waals surface area contributed by atoms with Crippen molar-refractivity contribution >= 4 is 32.6 Å². The lowest BCUT2D eigenvalue weighted by molar-refractivity contribution is 1.10. The minimum atomic E-state index is 1.15. The van der Waals surface area contributed by atoms with Crippen LogP contribution in [-0.2, 0) is 0 Å². The Hall–Kier alpha value is -4.11. The Labute approximate surface area is 309 Å². The summed E-state index contributed by atoms with van der Waals surface area (Å²) in [6, 6.07) is 0. The average Bonchev–Trinajstić information content (AvgIpc) is 3.09. The summed E-state index contributed by atoms with van der Waals surface area (Å²) < 4.78 is 0. The molecule has 0 unspecified atom stereocenters. The van der Waals surface area contributed by atoms with Crippen LogP contribution in [0.1, 0.15) is 117 Å². The van der Waals surface area contributed by atoms with Crippen molar-refractivity contribution < 1.29 is 0 Å². The molecule has 0 radical (unpaired) electrons. The van der Waals surface area contributed by atoms with E-state index in [1.165, 1.54) is 127 Å². The van der Waals surface area contributed by atoms with E-state index in [-0.39, 0.29) is 0 Å². The average molecular weight is 682 g/mol. The Kier molecular flexibility index (Phi) is 11.3. The topological polar surface area (TPSA) is 38.7 Å². The molecule has 3 aromatic heterocycles. The number of aromatic nitrogens is 3. The maximum absolute atomic E-state index is 4.80. The van der Waals surface area contributed by atoms with Crippen molar-refractivity contribution in [2.75, 3.05) is 0 Å². The summed E-state index contributed by atoms with van der Waals surface area (Å²) in [6.45, 7) is 45.9. The Morgan fingerprint density at radius 2 is 0.431 bits per heavy atom. The van der Waals surface area contributed by atoms with Gasteiger partial charge in [0, 0.05) is 38.9 Å². The smallest absolute Gasteiger partial charge is 0.0742 e. The van der Waals surface area contributed by atoms with E-state index in [0.717, 1.165) is 22.8 Å². The quantitative estimate of drug-likeness (QED) is 0.160. The van der Waals surface area contributed by atoms with Gasteiger partial charge < -0.3 is 0 Å². The molecule has 3 heterocycles. The van der Waals surface area contributed by atoms with Crippen LogP contribution in [0.2, 0.25) is 0 Å². The number of hydrogen-bond donors (Lipinski definition) is 0. The lowest BCUT2D eigenvalue weighted by Crippen LogP contribution is -2.01. The molecule has 0 saturated heterocycles. The molecule has 0 aliphatic heterocycles. The molecule has 270 valence electrons. The number of rotatable bonds is 0. The predicted molar refractivity (Wildman–Crippen MR) is 225 cm³/mol. The maximum Gasteiger partial charge on any atom is 0.0742 e. The van der Waals surface area contributed by atoms with Crippen LogP contribution in [0.5, 0.6) is 0 Å². The number of benzene rings is 3. The summed E-state index contributed by atoms with van der Waals surface area (Å²) >= 11 is 0. The molecule has 3 nitrogen and oxygen atoms in total. The molecule has 0 fully saturated rings. The lowest BCUT2D eigenvalue weighted by atomic mass is 9.89. The molecule has 6 aromatic rings. The highest BCUT2D eigenvalue weighted by Crippen LogP contribution is 2.35. The van der Waals surface area contributed by atoms with Crippen molar-refractivity contribution in [3.8, 4) is 0 Å². The SMILES string of the molecule is Cc1nc(C)c2c(C)c(C)c(C)c(C)c2c1C.Cc1nc2c(C)c(C)c(C)c(C)c2c(C)c1C.Cc1nc2c(C)c(C)c(C)c(C)c2c(C)c1C. The normalized spacial score (nSPS) is 11.2. The minimum Gasteiger partial charge on any atom is -0.258 e. The maximum atomic E-state index is 4.80. The zero-order chi connectivity index (χ0) is 38.7. The van der Waals surface area contributed by atoms with Crippen LogP contribution in [-0.4, -0.2) is 15.0 Å². The van der Waals surface area contributed by atoms with Gasteiger partial charge in [0.15, 0.2) is 0 Å². The Balaban J connectivity index is 0.000000172.